The number of hydrogen-bond donors (Lipinski definition) is 2. The summed E-state index contributed by atoms with van der Waals surface area (Å²) >= 11 is 0. The number of benzene rings is 1. The van der Waals surface area contributed by atoms with Crippen molar-refractivity contribution in [2.75, 3.05) is 43.9 Å². The van der Waals surface area contributed by atoms with Gasteiger partial charge in [0.05, 0.1) is 23.0 Å². The Morgan fingerprint density at radius 2 is 2.00 bits per heavy atom. The van der Waals surface area contributed by atoms with Gasteiger partial charge in [0.25, 0.3) is 5.91 Å². The lowest BCUT2D eigenvalue weighted by Gasteiger charge is -2.32. The third-order valence-corrected chi connectivity index (χ3v) is 4.10. The highest BCUT2D eigenvalue weighted by molar-refractivity contribution is 6.02. The van der Waals surface area contributed by atoms with Crippen molar-refractivity contribution in [2.24, 2.45) is 0 Å². The first kappa shape index (κ1) is 13.2. The number of fused-ring (bicyclic) bond motifs is 1. The number of carbonyl (C=O) groups is 1. The van der Waals surface area contributed by atoms with E-state index in [9.17, 15) is 4.79 Å². The molecule has 0 saturated carbocycles. The maximum Gasteiger partial charge on any atom is 0.256 e. The second kappa shape index (κ2) is 5.71. The fraction of sp³-hybridized carbons (Fsp3) is 0.533. The minimum atomic E-state index is 0.118. The first-order valence-corrected chi connectivity index (χ1v) is 7.22. The number of ether oxygens (including phenoxy) is 1. The second-order valence-electron chi connectivity index (χ2n) is 5.31. The Morgan fingerprint density at radius 1 is 1.25 bits per heavy atom. The van der Waals surface area contributed by atoms with Crippen LogP contribution in [0, 0.1) is 0 Å². The molecule has 5 nitrogen and oxygen atoms in total. The van der Waals surface area contributed by atoms with Crippen molar-refractivity contribution in [2.45, 2.75) is 18.9 Å². The summed E-state index contributed by atoms with van der Waals surface area (Å²) in [6.45, 7) is 3.29. The third-order valence-electron chi connectivity index (χ3n) is 4.10. The van der Waals surface area contributed by atoms with E-state index in [1.807, 2.05) is 23.1 Å². The molecule has 3 rings (SSSR count). The predicted molar refractivity (Wildman–Crippen MR) is 79.4 cm³/mol. The van der Waals surface area contributed by atoms with Crippen molar-refractivity contribution in [1.29, 1.82) is 0 Å². The highest BCUT2D eigenvalue weighted by atomic mass is 16.5. The predicted octanol–water partition coefficient (Wildman–Crippen LogP) is 1.77. The zero-order chi connectivity index (χ0) is 13.9. The Bertz CT molecular complexity index is 496. The van der Waals surface area contributed by atoms with Gasteiger partial charge >= 0.3 is 0 Å². The number of nitrogens with zero attached hydrogens (tertiary/aromatic N) is 1. The summed E-state index contributed by atoms with van der Waals surface area (Å²) in [5, 5.41) is 6.66. The standard InChI is InChI=1S/C15H21N3O2/c1-20-11-5-9-18(10-6-11)15(19)12-3-2-4-13-14(12)17-8-7-16-13/h2-4,11,16-17H,5-10H2,1H3. The molecule has 0 unspecified atom stereocenters. The van der Waals surface area contributed by atoms with Crippen molar-refractivity contribution in [3.63, 3.8) is 0 Å². The van der Waals surface area contributed by atoms with E-state index in [1.54, 1.807) is 7.11 Å². The van der Waals surface area contributed by atoms with E-state index in [0.29, 0.717) is 6.10 Å². The summed E-state index contributed by atoms with van der Waals surface area (Å²) in [6.07, 6.45) is 2.13. The molecule has 1 amide bonds. The molecule has 108 valence electrons. The van der Waals surface area contributed by atoms with Crippen LogP contribution in [0.2, 0.25) is 0 Å². The molecular weight excluding hydrogens is 254 g/mol. The van der Waals surface area contributed by atoms with E-state index in [4.69, 9.17) is 4.74 Å². The van der Waals surface area contributed by atoms with Gasteiger partial charge in [0.2, 0.25) is 0 Å². The lowest BCUT2D eigenvalue weighted by molar-refractivity contribution is 0.0351. The summed E-state index contributed by atoms with van der Waals surface area (Å²) in [7, 11) is 1.74. The van der Waals surface area contributed by atoms with Crippen LogP contribution in [0.3, 0.4) is 0 Å². The molecule has 1 saturated heterocycles. The number of nitrogens with one attached hydrogen (secondary N) is 2. The monoisotopic (exact) mass is 275 g/mol. The largest absolute Gasteiger partial charge is 0.382 e. The summed E-state index contributed by atoms with van der Waals surface area (Å²) in [5.74, 6) is 0.118. The molecule has 1 aromatic carbocycles. The molecule has 0 atom stereocenters. The van der Waals surface area contributed by atoms with Crippen LogP contribution in [0.25, 0.3) is 0 Å². The molecule has 0 aliphatic carbocycles. The Balaban J connectivity index is 1.78. The van der Waals surface area contributed by atoms with Gasteiger partial charge < -0.3 is 20.3 Å². The molecular formula is C15H21N3O2. The van der Waals surface area contributed by atoms with Crippen molar-refractivity contribution in [1.82, 2.24) is 4.90 Å². The molecule has 5 heteroatoms. The van der Waals surface area contributed by atoms with Gasteiger partial charge in [-0.25, -0.2) is 0 Å². The Labute approximate surface area is 119 Å². The second-order valence-corrected chi connectivity index (χ2v) is 5.31. The molecule has 0 bridgehead atoms. The van der Waals surface area contributed by atoms with E-state index < -0.39 is 0 Å². The molecule has 0 radical (unpaired) electrons. The van der Waals surface area contributed by atoms with Gasteiger partial charge in [-0.3, -0.25) is 4.79 Å². The Hall–Kier alpha value is -1.75. The molecule has 1 aromatic rings. The quantitative estimate of drug-likeness (QED) is 0.864. The summed E-state index contributed by atoms with van der Waals surface area (Å²) < 4.78 is 5.36. The maximum absolute atomic E-state index is 12.7. The van der Waals surface area contributed by atoms with Crippen molar-refractivity contribution in [3.8, 4) is 0 Å². The SMILES string of the molecule is COC1CCN(C(=O)c2cccc3c2NCCN3)CC1. The lowest BCUT2D eigenvalue weighted by atomic mass is 10.0. The Kier molecular flexibility index (Phi) is 3.78. The van der Waals surface area contributed by atoms with Crippen LogP contribution in [-0.4, -0.2) is 50.2 Å². The number of hydrogen-bond acceptors (Lipinski definition) is 4. The maximum atomic E-state index is 12.7. The fourth-order valence-electron chi connectivity index (χ4n) is 2.92. The zero-order valence-electron chi connectivity index (χ0n) is 11.8. The summed E-state index contributed by atoms with van der Waals surface area (Å²) in [4.78, 5) is 14.6. The number of carbonyl (C=O) groups excluding carboxylic acids is 1. The smallest absolute Gasteiger partial charge is 0.256 e. The fourth-order valence-corrected chi connectivity index (χ4v) is 2.92. The van der Waals surface area contributed by atoms with Gasteiger partial charge in [0.1, 0.15) is 0 Å². The molecule has 20 heavy (non-hydrogen) atoms. The number of piperidine rings is 1. The van der Waals surface area contributed by atoms with Crippen molar-refractivity contribution >= 4 is 17.3 Å². The van der Waals surface area contributed by atoms with E-state index in [0.717, 1.165) is 56.0 Å². The van der Waals surface area contributed by atoms with Gasteiger partial charge in [0.15, 0.2) is 0 Å². The number of likely N-dealkylation sites (tertiary alicyclic amines) is 1. The lowest BCUT2D eigenvalue weighted by Crippen LogP contribution is -2.41. The molecule has 1 fully saturated rings. The summed E-state index contributed by atoms with van der Waals surface area (Å²) in [6, 6.07) is 5.85. The topological polar surface area (TPSA) is 53.6 Å². The van der Waals surface area contributed by atoms with E-state index in [2.05, 4.69) is 10.6 Å². The van der Waals surface area contributed by atoms with Gasteiger partial charge in [-0.15, -0.1) is 0 Å². The van der Waals surface area contributed by atoms with Gasteiger partial charge in [0, 0.05) is 33.3 Å². The highest BCUT2D eigenvalue weighted by Gasteiger charge is 2.26. The number of methoxy groups -OCH3 is 1. The van der Waals surface area contributed by atoms with Crippen LogP contribution in [0.5, 0.6) is 0 Å². The van der Waals surface area contributed by atoms with Gasteiger partial charge in [-0.1, -0.05) is 6.07 Å². The van der Waals surface area contributed by atoms with Crippen LogP contribution < -0.4 is 10.6 Å². The average Bonchev–Trinajstić information content (AvgIpc) is 2.54. The average molecular weight is 275 g/mol. The minimum absolute atomic E-state index is 0.118. The number of anilines is 2. The van der Waals surface area contributed by atoms with Crippen LogP contribution in [-0.2, 0) is 4.74 Å². The van der Waals surface area contributed by atoms with Gasteiger partial charge in [-0.2, -0.15) is 0 Å². The van der Waals surface area contributed by atoms with Crippen LogP contribution in [0.4, 0.5) is 11.4 Å². The van der Waals surface area contributed by atoms with E-state index >= 15 is 0 Å². The summed E-state index contributed by atoms with van der Waals surface area (Å²) in [5.41, 5.74) is 2.73. The highest BCUT2D eigenvalue weighted by Crippen LogP contribution is 2.29. The molecule has 0 spiro atoms. The first-order valence-electron chi connectivity index (χ1n) is 7.22. The first-order chi connectivity index (χ1) is 9.79. The van der Waals surface area contributed by atoms with Crippen molar-refractivity contribution < 1.29 is 9.53 Å². The molecule has 0 aromatic heterocycles. The van der Waals surface area contributed by atoms with E-state index in [1.165, 1.54) is 0 Å². The van der Waals surface area contributed by atoms with Gasteiger partial charge in [-0.05, 0) is 25.0 Å². The molecule has 2 N–H and O–H groups in total. The molecule has 2 heterocycles. The molecule has 2 aliphatic rings. The van der Waals surface area contributed by atoms with Crippen LogP contribution in [0.15, 0.2) is 18.2 Å². The Morgan fingerprint density at radius 3 is 2.75 bits per heavy atom. The molecule has 2 aliphatic heterocycles. The third kappa shape index (κ3) is 2.45. The van der Waals surface area contributed by atoms with Crippen LogP contribution in [0.1, 0.15) is 23.2 Å². The zero-order valence-corrected chi connectivity index (χ0v) is 11.8. The number of rotatable bonds is 2. The number of para-hydroxylation sites is 1. The minimum Gasteiger partial charge on any atom is -0.382 e. The van der Waals surface area contributed by atoms with Crippen molar-refractivity contribution in [3.05, 3.63) is 23.8 Å². The normalized spacial score (nSPS) is 18.9. The number of amides is 1. The van der Waals surface area contributed by atoms with Crippen LogP contribution >= 0.6 is 0 Å². The van der Waals surface area contributed by atoms with E-state index in [-0.39, 0.29) is 5.91 Å².